The molecule has 1 amide bonds. The molecule has 2 aromatic rings. The Bertz CT molecular complexity index is 708. The molecule has 0 bridgehead atoms. The Morgan fingerprint density at radius 2 is 2.16 bits per heavy atom. The third-order valence-electron chi connectivity index (χ3n) is 3.64. The molecule has 0 atom stereocenters. The number of carbonyl (C=O) groups is 1. The molecular formula is C14H16N4O. The fourth-order valence-corrected chi connectivity index (χ4v) is 2.80. The van der Waals surface area contributed by atoms with Crippen molar-refractivity contribution in [2.75, 3.05) is 0 Å². The van der Waals surface area contributed by atoms with Crippen LogP contribution in [-0.4, -0.2) is 16.4 Å². The number of hydrogen-bond donors (Lipinski definition) is 2. The number of guanidine groups is 1. The average Bonchev–Trinajstić information content (AvgIpc) is 2.75. The third-order valence-corrected chi connectivity index (χ3v) is 3.64. The van der Waals surface area contributed by atoms with Crippen LogP contribution in [0.5, 0.6) is 0 Å². The van der Waals surface area contributed by atoms with Gasteiger partial charge in [0.25, 0.3) is 5.91 Å². The fraction of sp³-hybridized carbons (Fsp3) is 0.286. The minimum atomic E-state index is -0.372. The molecule has 4 N–H and O–H groups in total. The molecule has 0 fully saturated rings. The number of benzene rings is 1. The van der Waals surface area contributed by atoms with E-state index in [0.29, 0.717) is 5.69 Å². The summed E-state index contributed by atoms with van der Waals surface area (Å²) >= 11 is 0. The normalized spacial score (nSPS) is 13.5. The van der Waals surface area contributed by atoms with Gasteiger partial charge in [0.1, 0.15) is 5.69 Å². The Hall–Kier alpha value is -2.30. The van der Waals surface area contributed by atoms with E-state index in [2.05, 4.69) is 17.1 Å². The van der Waals surface area contributed by atoms with Crippen LogP contribution in [0.4, 0.5) is 0 Å². The molecule has 5 nitrogen and oxygen atoms in total. The highest BCUT2D eigenvalue weighted by atomic mass is 16.1. The van der Waals surface area contributed by atoms with Crippen LogP contribution in [0, 0.1) is 6.92 Å². The molecule has 0 saturated carbocycles. The van der Waals surface area contributed by atoms with Crippen molar-refractivity contribution < 1.29 is 4.79 Å². The van der Waals surface area contributed by atoms with Crippen LogP contribution < -0.4 is 11.5 Å². The van der Waals surface area contributed by atoms with E-state index in [0.717, 1.165) is 35.9 Å². The number of rotatable bonds is 1. The molecule has 1 aromatic heterocycles. The van der Waals surface area contributed by atoms with Crippen molar-refractivity contribution in [3.8, 4) is 0 Å². The minimum absolute atomic E-state index is 0.198. The highest BCUT2D eigenvalue weighted by molar-refractivity contribution is 6.05. The maximum Gasteiger partial charge on any atom is 0.296 e. The molecule has 0 aliphatic carbocycles. The lowest BCUT2D eigenvalue weighted by Crippen LogP contribution is -2.25. The number of hydrogen-bond acceptors (Lipinski definition) is 1. The zero-order valence-corrected chi connectivity index (χ0v) is 10.8. The molecule has 1 aliphatic heterocycles. The van der Waals surface area contributed by atoms with Crippen LogP contribution in [0.3, 0.4) is 0 Å². The summed E-state index contributed by atoms with van der Waals surface area (Å²) in [5.41, 5.74) is 14.7. The molecule has 3 rings (SSSR count). The van der Waals surface area contributed by atoms with E-state index in [1.54, 1.807) is 0 Å². The Morgan fingerprint density at radius 1 is 1.37 bits per heavy atom. The summed E-state index contributed by atoms with van der Waals surface area (Å²) in [4.78, 5) is 15.7. The minimum Gasteiger partial charge on any atom is -0.370 e. The van der Waals surface area contributed by atoms with Gasteiger partial charge < -0.3 is 16.0 Å². The monoisotopic (exact) mass is 256 g/mol. The first-order chi connectivity index (χ1) is 9.08. The Balaban J connectivity index is 2.28. The first-order valence-electron chi connectivity index (χ1n) is 6.33. The Kier molecular flexibility index (Phi) is 2.55. The lowest BCUT2D eigenvalue weighted by atomic mass is 10.0. The van der Waals surface area contributed by atoms with Gasteiger partial charge in [0.15, 0.2) is 5.96 Å². The van der Waals surface area contributed by atoms with Gasteiger partial charge in [0, 0.05) is 11.9 Å². The number of carbonyl (C=O) groups excluding carboxylic acids is 1. The molecule has 5 heteroatoms. The average molecular weight is 256 g/mol. The van der Waals surface area contributed by atoms with Crippen LogP contribution in [0.2, 0.25) is 0 Å². The quantitative estimate of drug-likeness (QED) is 0.595. The summed E-state index contributed by atoms with van der Waals surface area (Å²) in [5.74, 6) is -0.570. The van der Waals surface area contributed by atoms with Crippen molar-refractivity contribution in [3.63, 3.8) is 0 Å². The molecular weight excluding hydrogens is 240 g/mol. The molecule has 0 unspecified atom stereocenters. The first-order valence-corrected chi connectivity index (χ1v) is 6.33. The van der Waals surface area contributed by atoms with Crippen LogP contribution in [0.25, 0.3) is 10.9 Å². The second kappa shape index (κ2) is 4.12. The van der Waals surface area contributed by atoms with Crippen molar-refractivity contribution in [1.29, 1.82) is 0 Å². The summed E-state index contributed by atoms with van der Waals surface area (Å²) in [7, 11) is 0. The summed E-state index contributed by atoms with van der Waals surface area (Å²) in [6.07, 6.45) is 2.08. The van der Waals surface area contributed by atoms with Crippen molar-refractivity contribution in [2.24, 2.45) is 16.5 Å². The van der Waals surface area contributed by atoms with Crippen LogP contribution in [0.1, 0.15) is 28.0 Å². The number of aliphatic imine (C=N–C) groups is 1. The lowest BCUT2D eigenvalue weighted by Gasteiger charge is -2.17. The second-order valence-corrected chi connectivity index (χ2v) is 4.93. The predicted octanol–water partition coefficient (Wildman–Crippen LogP) is 1.31. The molecule has 0 radical (unpaired) electrons. The third kappa shape index (κ3) is 1.78. The van der Waals surface area contributed by atoms with Gasteiger partial charge in [-0.25, -0.2) is 0 Å². The molecule has 2 heterocycles. The first kappa shape index (κ1) is 11.8. The molecule has 19 heavy (non-hydrogen) atoms. The van der Waals surface area contributed by atoms with Gasteiger partial charge in [-0.3, -0.25) is 4.79 Å². The molecule has 98 valence electrons. The summed E-state index contributed by atoms with van der Waals surface area (Å²) in [6.45, 7) is 2.88. The molecule has 0 saturated heterocycles. The van der Waals surface area contributed by atoms with Crippen LogP contribution in [0.15, 0.2) is 23.2 Å². The van der Waals surface area contributed by atoms with E-state index in [-0.39, 0.29) is 11.9 Å². The van der Waals surface area contributed by atoms with Gasteiger partial charge in [0.2, 0.25) is 0 Å². The highest BCUT2D eigenvalue weighted by Gasteiger charge is 2.21. The van der Waals surface area contributed by atoms with Crippen molar-refractivity contribution in [2.45, 2.75) is 26.3 Å². The fourth-order valence-electron chi connectivity index (χ4n) is 2.80. The van der Waals surface area contributed by atoms with E-state index in [1.165, 1.54) is 5.56 Å². The largest absolute Gasteiger partial charge is 0.370 e. The van der Waals surface area contributed by atoms with Crippen LogP contribution >= 0.6 is 0 Å². The van der Waals surface area contributed by atoms with E-state index >= 15 is 0 Å². The van der Waals surface area contributed by atoms with Gasteiger partial charge >= 0.3 is 0 Å². The SMILES string of the molecule is Cc1ccc2c3c1cc(C(=O)N=C(N)N)n3CCC2. The van der Waals surface area contributed by atoms with Gasteiger partial charge in [-0.15, -0.1) is 0 Å². The Morgan fingerprint density at radius 3 is 2.89 bits per heavy atom. The summed E-state index contributed by atoms with van der Waals surface area (Å²) in [6, 6.07) is 6.14. The lowest BCUT2D eigenvalue weighted by molar-refractivity contribution is 0.0994. The summed E-state index contributed by atoms with van der Waals surface area (Å²) in [5, 5.41) is 1.12. The summed E-state index contributed by atoms with van der Waals surface area (Å²) < 4.78 is 2.04. The van der Waals surface area contributed by atoms with E-state index in [4.69, 9.17) is 11.5 Å². The Labute approximate surface area is 110 Å². The van der Waals surface area contributed by atoms with Crippen LogP contribution in [-0.2, 0) is 13.0 Å². The van der Waals surface area contributed by atoms with Crippen molar-refractivity contribution in [1.82, 2.24) is 4.57 Å². The van der Waals surface area contributed by atoms with E-state index in [9.17, 15) is 4.79 Å². The van der Waals surface area contributed by atoms with Crippen molar-refractivity contribution >= 4 is 22.8 Å². The molecule has 1 aromatic carbocycles. The maximum absolute atomic E-state index is 12.1. The number of amides is 1. The zero-order valence-electron chi connectivity index (χ0n) is 10.8. The smallest absolute Gasteiger partial charge is 0.296 e. The molecule has 0 spiro atoms. The van der Waals surface area contributed by atoms with Gasteiger partial charge in [-0.2, -0.15) is 4.99 Å². The number of aryl methyl sites for hydroxylation is 3. The number of aromatic nitrogens is 1. The standard InChI is InChI=1S/C14H16N4O/c1-8-4-5-9-3-2-6-18-11(7-10(8)12(9)18)13(19)17-14(15)16/h4-5,7H,2-3,6H2,1H3,(H4,15,16,17,19). The zero-order chi connectivity index (χ0) is 13.6. The van der Waals surface area contributed by atoms with Gasteiger partial charge in [-0.05, 0) is 37.0 Å². The maximum atomic E-state index is 12.1. The topological polar surface area (TPSA) is 86.4 Å². The number of nitrogens with zero attached hydrogens (tertiary/aromatic N) is 2. The van der Waals surface area contributed by atoms with Gasteiger partial charge in [0.05, 0.1) is 5.52 Å². The van der Waals surface area contributed by atoms with Crippen molar-refractivity contribution in [3.05, 3.63) is 35.0 Å². The highest BCUT2D eigenvalue weighted by Crippen LogP contribution is 2.31. The van der Waals surface area contributed by atoms with E-state index < -0.39 is 0 Å². The van der Waals surface area contributed by atoms with Gasteiger partial charge in [-0.1, -0.05) is 12.1 Å². The molecule has 1 aliphatic rings. The van der Waals surface area contributed by atoms with E-state index in [1.807, 2.05) is 17.6 Å². The predicted molar refractivity (Wildman–Crippen MR) is 75.1 cm³/mol. The number of nitrogens with two attached hydrogens (primary N) is 2. The second-order valence-electron chi connectivity index (χ2n) is 4.93.